The summed E-state index contributed by atoms with van der Waals surface area (Å²) in [6.45, 7) is 7.23. The van der Waals surface area contributed by atoms with Crippen LogP contribution in [0.2, 0.25) is 0 Å². The molecule has 180 valence electrons. The first-order chi connectivity index (χ1) is 15.5. The van der Waals surface area contributed by atoms with E-state index in [4.69, 9.17) is 4.18 Å². The second-order valence-electron chi connectivity index (χ2n) is 9.27. The minimum absolute atomic E-state index is 0.245. The molecule has 1 aliphatic heterocycles. The fourth-order valence-electron chi connectivity index (χ4n) is 4.57. The van der Waals surface area contributed by atoms with E-state index >= 15 is 0 Å². The van der Waals surface area contributed by atoms with E-state index in [2.05, 4.69) is 32.4 Å². The SMILES string of the molecule is Cc1ccc(S(=O)(=O)OCCCCCCCCCCCC[N+]2(CC#CI)CCCC2)cc1. The maximum atomic E-state index is 12.1. The van der Waals surface area contributed by atoms with E-state index in [1.54, 1.807) is 24.3 Å². The highest BCUT2D eigenvalue weighted by atomic mass is 127. The van der Waals surface area contributed by atoms with Crippen LogP contribution in [-0.4, -0.2) is 45.7 Å². The van der Waals surface area contributed by atoms with Crippen molar-refractivity contribution in [1.29, 1.82) is 0 Å². The first-order valence-electron chi connectivity index (χ1n) is 12.4. The fourth-order valence-corrected chi connectivity index (χ4v) is 5.68. The van der Waals surface area contributed by atoms with E-state index in [1.165, 1.54) is 81.9 Å². The predicted octanol–water partition coefficient (Wildman–Crippen LogP) is 6.61. The monoisotopic (exact) mass is 574 g/mol. The highest BCUT2D eigenvalue weighted by Gasteiger charge is 2.30. The molecular formula is C26H41INO3S+. The van der Waals surface area contributed by atoms with Crippen LogP contribution in [-0.2, 0) is 14.3 Å². The molecule has 2 rings (SSSR count). The summed E-state index contributed by atoms with van der Waals surface area (Å²) in [5.41, 5.74) is 1.04. The minimum Gasteiger partial charge on any atom is -0.313 e. The van der Waals surface area contributed by atoms with Crippen LogP contribution in [0.4, 0.5) is 0 Å². The molecule has 1 heterocycles. The van der Waals surface area contributed by atoms with E-state index in [0.29, 0.717) is 0 Å². The van der Waals surface area contributed by atoms with Gasteiger partial charge < -0.3 is 4.48 Å². The highest BCUT2D eigenvalue weighted by Crippen LogP contribution is 2.21. The molecule has 1 aliphatic rings. The van der Waals surface area contributed by atoms with Crippen molar-refractivity contribution >= 4 is 32.7 Å². The van der Waals surface area contributed by atoms with Crippen molar-refractivity contribution in [2.24, 2.45) is 0 Å². The quantitative estimate of drug-likeness (QED) is 0.0734. The van der Waals surface area contributed by atoms with Gasteiger partial charge in [-0.2, -0.15) is 8.42 Å². The molecule has 4 nitrogen and oxygen atoms in total. The molecule has 1 saturated heterocycles. The first kappa shape index (κ1) is 27.6. The molecule has 0 aromatic heterocycles. The molecule has 0 amide bonds. The number of rotatable bonds is 16. The lowest BCUT2D eigenvalue weighted by Crippen LogP contribution is -2.46. The number of aryl methyl sites for hydroxylation is 1. The van der Waals surface area contributed by atoms with Crippen LogP contribution in [0.3, 0.4) is 0 Å². The van der Waals surface area contributed by atoms with Gasteiger partial charge in [-0.15, -0.1) is 0 Å². The third-order valence-corrected chi connectivity index (χ3v) is 8.28. The lowest BCUT2D eigenvalue weighted by atomic mass is 10.1. The van der Waals surface area contributed by atoms with Gasteiger partial charge in [-0.1, -0.05) is 62.6 Å². The number of hydrogen-bond acceptors (Lipinski definition) is 3. The Balaban J connectivity index is 1.41. The van der Waals surface area contributed by atoms with Gasteiger partial charge in [0.05, 0.1) is 31.1 Å². The topological polar surface area (TPSA) is 43.4 Å². The average Bonchev–Trinajstić information content (AvgIpc) is 3.25. The summed E-state index contributed by atoms with van der Waals surface area (Å²) >= 11 is 2.16. The van der Waals surface area contributed by atoms with Gasteiger partial charge in [0.25, 0.3) is 10.1 Å². The van der Waals surface area contributed by atoms with Crippen molar-refractivity contribution in [3.8, 4) is 9.85 Å². The number of likely N-dealkylation sites (tertiary alicyclic amines) is 1. The summed E-state index contributed by atoms with van der Waals surface area (Å²) in [4.78, 5) is 0.245. The van der Waals surface area contributed by atoms with Crippen LogP contribution in [0, 0.1) is 16.8 Å². The van der Waals surface area contributed by atoms with Crippen LogP contribution in [0.1, 0.15) is 82.6 Å². The van der Waals surface area contributed by atoms with Crippen LogP contribution in [0.25, 0.3) is 0 Å². The molecule has 1 aromatic carbocycles. The van der Waals surface area contributed by atoms with Crippen molar-refractivity contribution < 1.29 is 17.1 Å². The average molecular weight is 575 g/mol. The lowest BCUT2D eigenvalue weighted by molar-refractivity contribution is -0.910. The smallest absolute Gasteiger partial charge is 0.296 e. The van der Waals surface area contributed by atoms with Crippen LogP contribution >= 0.6 is 22.6 Å². The van der Waals surface area contributed by atoms with E-state index in [0.717, 1.165) is 31.4 Å². The molecule has 1 fully saturated rings. The fraction of sp³-hybridized carbons (Fsp3) is 0.692. The molecule has 32 heavy (non-hydrogen) atoms. The van der Waals surface area contributed by atoms with Crippen molar-refractivity contribution in [2.45, 2.75) is 88.9 Å². The van der Waals surface area contributed by atoms with E-state index in [1.807, 2.05) is 6.92 Å². The Morgan fingerprint density at radius 1 is 0.875 bits per heavy atom. The van der Waals surface area contributed by atoms with Gasteiger partial charge in [-0.05, 0) is 48.2 Å². The molecule has 6 heteroatoms. The van der Waals surface area contributed by atoms with Gasteiger partial charge in [0.1, 0.15) is 6.54 Å². The number of hydrogen-bond donors (Lipinski definition) is 0. The van der Waals surface area contributed by atoms with Crippen LogP contribution < -0.4 is 0 Å². The molecule has 1 aromatic rings. The molecule has 0 spiro atoms. The van der Waals surface area contributed by atoms with Crippen molar-refractivity contribution in [3.05, 3.63) is 29.8 Å². The zero-order chi connectivity index (χ0) is 23.1. The first-order valence-corrected chi connectivity index (χ1v) is 14.9. The van der Waals surface area contributed by atoms with Gasteiger partial charge in [0.15, 0.2) is 0 Å². The summed E-state index contributed by atoms with van der Waals surface area (Å²) in [7, 11) is -3.61. The molecule has 0 radical (unpaired) electrons. The van der Waals surface area contributed by atoms with Gasteiger partial charge in [-0.3, -0.25) is 4.18 Å². The third kappa shape index (κ3) is 10.5. The van der Waals surface area contributed by atoms with E-state index in [9.17, 15) is 8.42 Å². The third-order valence-electron chi connectivity index (χ3n) is 6.57. The molecule has 0 atom stereocenters. The van der Waals surface area contributed by atoms with Crippen molar-refractivity contribution in [2.75, 3.05) is 32.8 Å². The Labute approximate surface area is 210 Å². The number of halogens is 1. The second kappa shape index (κ2) is 15.3. The Morgan fingerprint density at radius 2 is 1.41 bits per heavy atom. The number of benzene rings is 1. The standard InChI is InChI=1S/C26H41INO3S/c1-25-15-17-26(18-16-25)32(29,30)31-24-13-9-7-5-3-2-4-6-8-10-20-28(23-14-19-27)21-11-12-22-28/h15-18H,2-13,20-24H2,1H3/q+1. The largest absolute Gasteiger partial charge is 0.313 e. The van der Waals surface area contributed by atoms with E-state index < -0.39 is 10.1 Å². The van der Waals surface area contributed by atoms with Gasteiger partial charge in [0, 0.05) is 35.4 Å². The molecule has 0 unspecified atom stereocenters. The van der Waals surface area contributed by atoms with Gasteiger partial charge >= 0.3 is 0 Å². The van der Waals surface area contributed by atoms with Crippen LogP contribution in [0.5, 0.6) is 0 Å². The van der Waals surface area contributed by atoms with Gasteiger partial charge in [0.2, 0.25) is 0 Å². The van der Waals surface area contributed by atoms with E-state index in [-0.39, 0.29) is 11.5 Å². The van der Waals surface area contributed by atoms with Gasteiger partial charge in [-0.25, -0.2) is 0 Å². The lowest BCUT2D eigenvalue weighted by Gasteiger charge is -2.32. The Morgan fingerprint density at radius 3 is 1.97 bits per heavy atom. The molecule has 0 aliphatic carbocycles. The Bertz CT molecular complexity index is 806. The Hall–Kier alpha value is -0.620. The predicted molar refractivity (Wildman–Crippen MR) is 141 cm³/mol. The summed E-state index contributed by atoms with van der Waals surface area (Å²) in [5.74, 6) is 3.31. The number of nitrogens with zero attached hydrogens (tertiary/aromatic N) is 1. The maximum Gasteiger partial charge on any atom is 0.296 e. The summed E-state index contributed by atoms with van der Waals surface area (Å²) < 4.78 is 33.7. The molecule has 0 N–H and O–H groups in total. The summed E-state index contributed by atoms with van der Waals surface area (Å²) in [5, 5.41) is 0. The zero-order valence-electron chi connectivity index (χ0n) is 19.8. The Kier molecular flexibility index (Phi) is 13.2. The minimum atomic E-state index is -3.61. The normalized spacial score (nSPS) is 15.4. The second-order valence-corrected chi connectivity index (χ2v) is 11.4. The summed E-state index contributed by atoms with van der Waals surface area (Å²) in [6, 6.07) is 6.81. The molecule has 0 bridgehead atoms. The summed E-state index contributed by atoms with van der Waals surface area (Å²) in [6.07, 6.45) is 15.0. The zero-order valence-corrected chi connectivity index (χ0v) is 22.8. The molecule has 0 saturated carbocycles. The highest BCUT2D eigenvalue weighted by molar-refractivity contribution is 14.1. The van der Waals surface area contributed by atoms with Crippen molar-refractivity contribution in [1.82, 2.24) is 0 Å². The van der Waals surface area contributed by atoms with Crippen LogP contribution in [0.15, 0.2) is 29.2 Å². The van der Waals surface area contributed by atoms with Crippen molar-refractivity contribution in [3.63, 3.8) is 0 Å². The number of unbranched alkanes of at least 4 members (excludes halogenated alkanes) is 9. The number of quaternary nitrogens is 1. The maximum absolute atomic E-state index is 12.1. The molecular weight excluding hydrogens is 533 g/mol.